The van der Waals surface area contributed by atoms with Crippen LogP contribution in [0.1, 0.15) is 24.1 Å². The first-order valence-electron chi connectivity index (χ1n) is 4.64. The first kappa shape index (κ1) is 11.0. The van der Waals surface area contributed by atoms with Crippen LogP contribution < -0.4 is 10.5 Å². The van der Waals surface area contributed by atoms with E-state index in [0.717, 1.165) is 16.9 Å². The monoisotopic (exact) mass is 195 g/mol. The van der Waals surface area contributed by atoms with Crippen LogP contribution in [0.15, 0.2) is 18.2 Å². The Hall–Kier alpha value is -1.06. The van der Waals surface area contributed by atoms with Gasteiger partial charge in [0.25, 0.3) is 0 Å². The lowest BCUT2D eigenvalue weighted by atomic mass is 10.0. The minimum Gasteiger partial charge on any atom is -0.497 e. The van der Waals surface area contributed by atoms with Crippen molar-refractivity contribution >= 4 is 0 Å². The average Bonchev–Trinajstić information content (AvgIpc) is 2.15. The molecule has 0 saturated carbocycles. The van der Waals surface area contributed by atoms with E-state index in [9.17, 15) is 5.11 Å². The van der Waals surface area contributed by atoms with Gasteiger partial charge in [-0.05, 0) is 37.1 Å². The van der Waals surface area contributed by atoms with Gasteiger partial charge < -0.3 is 15.6 Å². The maximum absolute atomic E-state index is 9.36. The van der Waals surface area contributed by atoms with E-state index in [1.54, 1.807) is 14.0 Å². The summed E-state index contributed by atoms with van der Waals surface area (Å²) >= 11 is 0. The van der Waals surface area contributed by atoms with Crippen LogP contribution >= 0.6 is 0 Å². The first-order valence-corrected chi connectivity index (χ1v) is 4.64. The van der Waals surface area contributed by atoms with Gasteiger partial charge in [-0.3, -0.25) is 0 Å². The number of rotatable bonds is 3. The number of hydrogen-bond acceptors (Lipinski definition) is 3. The summed E-state index contributed by atoms with van der Waals surface area (Å²) in [4.78, 5) is 0. The fraction of sp³-hybridized carbons (Fsp3) is 0.455. The van der Waals surface area contributed by atoms with E-state index < -0.39 is 6.10 Å². The Morgan fingerprint density at radius 2 is 2.00 bits per heavy atom. The summed E-state index contributed by atoms with van der Waals surface area (Å²) in [6.45, 7) is 3.65. The van der Waals surface area contributed by atoms with Crippen molar-refractivity contribution in [1.29, 1.82) is 0 Å². The van der Waals surface area contributed by atoms with Gasteiger partial charge in [-0.2, -0.15) is 0 Å². The second-order valence-electron chi connectivity index (χ2n) is 3.55. The number of hydrogen-bond donors (Lipinski definition) is 2. The minimum atomic E-state index is -0.554. The zero-order valence-corrected chi connectivity index (χ0v) is 8.82. The number of aliphatic hydroxyl groups excluding tert-OH is 1. The van der Waals surface area contributed by atoms with Gasteiger partial charge in [0, 0.05) is 0 Å². The summed E-state index contributed by atoms with van der Waals surface area (Å²) in [6, 6.07) is 5.38. The molecule has 0 aromatic heterocycles. The molecule has 0 spiro atoms. The van der Waals surface area contributed by atoms with Crippen LogP contribution in [0, 0.1) is 6.92 Å². The van der Waals surface area contributed by atoms with Crippen LogP contribution in [0.4, 0.5) is 0 Å². The van der Waals surface area contributed by atoms with Gasteiger partial charge in [-0.15, -0.1) is 0 Å². The van der Waals surface area contributed by atoms with Crippen molar-refractivity contribution < 1.29 is 9.84 Å². The second-order valence-corrected chi connectivity index (χ2v) is 3.55. The summed E-state index contributed by atoms with van der Waals surface area (Å²) < 4.78 is 5.13. The fourth-order valence-corrected chi connectivity index (χ4v) is 1.37. The summed E-state index contributed by atoms with van der Waals surface area (Å²) in [5, 5.41) is 9.36. The Morgan fingerprint density at radius 1 is 1.36 bits per heavy atom. The summed E-state index contributed by atoms with van der Waals surface area (Å²) in [6.07, 6.45) is -0.554. The summed E-state index contributed by atoms with van der Waals surface area (Å²) in [7, 11) is 1.62. The third kappa shape index (κ3) is 2.47. The normalized spacial score (nSPS) is 14.9. The molecule has 0 fully saturated rings. The molecule has 0 bridgehead atoms. The molecule has 78 valence electrons. The molecular formula is C11H17NO2. The quantitative estimate of drug-likeness (QED) is 0.766. The lowest BCUT2D eigenvalue weighted by Crippen LogP contribution is -2.23. The number of methoxy groups -OCH3 is 1. The molecule has 0 aliphatic rings. The SMILES string of the molecule is COc1cc(C)cc([C@H](N)[C@H](C)O)c1. The van der Waals surface area contributed by atoms with Crippen molar-refractivity contribution in [3.63, 3.8) is 0 Å². The van der Waals surface area contributed by atoms with Gasteiger partial charge in [0.2, 0.25) is 0 Å². The Bertz CT molecular complexity index is 310. The molecule has 2 atom stereocenters. The molecule has 0 amide bonds. The molecule has 3 N–H and O–H groups in total. The highest BCUT2D eigenvalue weighted by atomic mass is 16.5. The van der Waals surface area contributed by atoms with Crippen LogP contribution in [-0.2, 0) is 0 Å². The van der Waals surface area contributed by atoms with Crippen LogP contribution in [0.3, 0.4) is 0 Å². The Labute approximate surface area is 84.5 Å². The molecule has 0 aliphatic heterocycles. The molecule has 0 aliphatic carbocycles. The number of aliphatic hydroxyl groups is 1. The molecular weight excluding hydrogens is 178 g/mol. The predicted octanol–water partition coefficient (Wildman–Crippen LogP) is 1.38. The molecule has 1 rings (SSSR count). The van der Waals surface area contributed by atoms with E-state index in [1.165, 1.54) is 0 Å². The largest absolute Gasteiger partial charge is 0.497 e. The Kier molecular flexibility index (Phi) is 3.49. The highest BCUT2D eigenvalue weighted by Gasteiger charge is 2.12. The van der Waals surface area contributed by atoms with Crippen LogP contribution in [0.5, 0.6) is 5.75 Å². The highest BCUT2D eigenvalue weighted by molar-refractivity contribution is 5.35. The van der Waals surface area contributed by atoms with Gasteiger partial charge in [-0.25, -0.2) is 0 Å². The van der Waals surface area contributed by atoms with Gasteiger partial charge >= 0.3 is 0 Å². The average molecular weight is 195 g/mol. The minimum absolute atomic E-state index is 0.358. The first-order chi connectivity index (χ1) is 6.54. The lowest BCUT2D eigenvalue weighted by Gasteiger charge is -2.16. The van der Waals surface area contributed by atoms with Crippen molar-refractivity contribution in [2.75, 3.05) is 7.11 Å². The Balaban J connectivity index is 3.02. The summed E-state index contributed by atoms with van der Waals surface area (Å²) in [5.41, 5.74) is 7.80. The van der Waals surface area contributed by atoms with Crippen molar-refractivity contribution in [3.8, 4) is 5.75 Å². The fourth-order valence-electron chi connectivity index (χ4n) is 1.37. The van der Waals surface area contributed by atoms with Crippen molar-refractivity contribution in [3.05, 3.63) is 29.3 Å². The number of nitrogens with two attached hydrogens (primary N) is 1. The van der Waals surface area contributed by atoms with Gasteiger partial charge in [-0.1, -0.05) is 6.07 Å². The summed E-state index contributed by atoms with van der Waals surface area (Å²) in [5.74, 6) is 0.774. The van der Waals surface area contributed by atoms with Crippen molar-refractivity contribution in [2.45, 2.75) is 26.0 Å². The molecule has 3 heteroatoms. The maximum atomic E-state index is 9.36. The topological polar surface area (TPSA) is 55.5 Å². The van der Waals surface area contributed by atoms with Crippen LogP contribution in [-0.4, -0.2) is 18.3 Å². The highest BCUT2D eigenvalue weighted by Crippen LogP contribution is 2.22. The van der Waals surface area contributed by atoms with E-state index in [1.807, 2.05) is 25.1 Å². The van der Waals surface area contributed by atoms with Gasteiger partial charge in [0.05, 0.1) is 19.3 Å². The van der Waals surface area contributed by atoms with Gasteiger partial charge in [0.15, 0.2) is 0 Å². The predicted molar refractivity (Wildman–Crippen MR) is 56.3 cm³/mol. The molecule has 14 heavy (non-hydrogen) atoms. The van der Waals surface area contributed by atoms with E-state index in [-0.39, 0.29) is 6.04 Å². The molecule has 3 nitrogen and oxygen atoms in total. The van der Waals surface area contributed by atoms with E-state index >= 15 is 0 Å². The van der Waals surface area contributed by atoms with E-state index in [0.29, 0.717) is 0 Å². The van der Waals surface area contributed by atoms with Crippen LogP contribution in [0.2, 0.25) is 0 Å². The van der Waals surface area contributed by atoms with Crippen LogP contribution in [0.25, 0.3) is 0 Å². The van der Waals surface area contributed by atoms with Crippen molar-refractivity contribution in [2.24, 2.45) is 5.73 Å². The van der Waals surface area contributed by atoms with Gasteiger partial charge in [0.1, 0.15) is 5.75 Å². The van der Waals surface area contributed by atoms with E-state index in [2.05, 4.69) is 0 Å². The molecule has 0 saturated heterocycles. The molecule has 0 radical (unpaired) electrons. The smallest absolute Gasteiger partial charge is 0.119 e. The molecule has 1 aromatic rings. The lowest BCUT2D eigenvalue weighted by molar-refractivity contribution is 0.164. The molecule has 1 aromatic carbocycles. The van der Waals surface area contributed by atoms with E-state index in [4.69, 9.17) is 10.5 Å². The third-order valence-electron chi connectivity index (χ3n) is 2.21. The number of ether oxygens (including phenoxy) is 1. The maximum Gasteiger partial charge on any atom is 0.119 e. The van der Waals surface area contributed by atoms with Crippen molar-refractivity contribution in [1.82, 2.24) is 0 Å². The number of aryl methyl sites for hydroxylation is 1. The zero-order valence-electron chi connectivity index (χ0n) is 8.82. The number of benzene rings is 1. The zero-order chi connectivity index (χ0) is 10.7. The second kappa shape index (κ2) is 4.44. The molecule has 0 heterocycles. The Morgan fingerprint density at radius 3 is 2.50 bits per heavy atom. The molecule has 0 unspecified atom stereocenters. The standard InChI is InChI=1S/C11H17NO2/c1-7-4-9(11(12)8(2)13)6-10(5-7)14-3/h4-6,8,11,13H,12H2,1-3H3/t8-,11+/m0/s1. The third-order valence-corrected chi connectivity index (χ3v) is 2.21.